The number of aryl methyl sites for hydroxylation is 1. The van der Waals surface area contributed by atoms with Crippen LogP contribution in [0.2, 0.25) is 0 Å². The third kappa shape index (κ3) is 3.14. The van der Waals surface area contributed by atoms with E-state index in [1.54, 1.807) is 31.4 Å². The van der Waals surface area contributed by atoms with Crippen molar-refractivity contribution >= 4 is 31.8 Å². The van der Waals surface area contributed by atoms with Gasteiger partial charge in [0.05, 0.1) is 0 Å². The van der Waals surface area contributed by atoms with Gasteiger partial charge in [0.15, 0.2) is 5.82 Å². The zero-order valence-corrected chi connectivity index (χ0v) is 12.6. The van der Waals surface area contributed by atoms with Gasteiger partial charge < -0.3 is 5.73 Å². The Balaban J connectivity index is 2.39. The lowest BCUT2D eigenvalue weighted by Gasteiger charge is -2.09. The molecule has 2 rings (SSSR count). The maximum atomic E-state index is 12.3. The average Bonchev–Trinajstić information content (AvgIpc) is 2.74. The van der Waals surface area contributed by atoms with Crippen LogP contribution in [0.15, 0.2) is 39.8 Å². The molecule has 0 saturated carbocycles. The normalized spacial score (nSPS) is 11.5. The molecule has 1 heterocycles. The summed E-state index contributed by atoms with van der Waals surface area (Å²) in [6, 6.07) is 6.55. The molecule has 0 aliphatic heterocycles. The standard InChI is InChI=1S/C11H13BrN4O2S/c1-16-5-4-11(14-16)15-19(17,18)10-6-8(7-13)2-3-9(10)12/h2-6H,7,13H2,1H3,(H,14,15). The summed E-state index contributed by atoms with van der Waals surface area (Å²) >= 11 is 3.23. The number of rotatable bonds is 4. The highest BCUT2D eigenvalue weighted by Gasteiger charge is 2.19. The maximum absolute atomic E-state index is 12.3. The first-order valence-electron chi connectivity index (χ1n) is 5.43. The van der Waals surface area contributed by atoms with Crippen LogP contribution in [0.5, 0.6) is 0 Å². The molecule has 1 aromatic heterocycles. The lowest BCUT2D eigenvalue weighted by molar-refractivity contribution is 0.600. The van der Waals surface area contributed by atoms with Gasteiger partial charge in [-0.2, -0.15) is 5.10 Å². The van der Waals surface area contributed by atoms with Gasteiger partial charge in [0.1, 0.15) is 4.90 Å². The Kier molecular flexibility index (Phi) is 3.93. The van der Waals surface area contributed by atoms with Gasteiger partial charge in [-0.05, 0) is 33.6 Å². The molecule has 0 aliphatic carbocycles. The molecule has 0 aliphatic rings. The van der Waals surface area contributed by atoms with Gasteiger partial charge in [-0.3, -0.25) is 9.40 Å². The van der Waals surface area contributed by atoms with Crippen molar-refractivity contribution in [2.45, 2.75) is 11.4 Å². The second kappa shape index (κ2) is 5.32. The van der Waals surface area contributed by atoms with Crippen molar-refractivity contribution < 1.29 is 8.42 Å². The van der Waals surface area contributed by atoms with E-state index >= 15 is 0 Å². The van der Waals surface area contributed by atoms with E-state index in [2.05, 4.69) is 25.8 Å². The molecular formula is C11H13BrN4O2S. The number of aromatic nitrogens is 2. The fourth-order valence-corrected chi connectivity index (χ4v) is 3.55. The third-order valence-electron chi connectivity index (χ3n) is 2.47. The Morgan fingerprint density at radius 2 is 2.16 bits per heavy atom. The quantitative estimate of drug-likeness (QED) is 0.877. The molecule has 1 aromatic carbocycles. The van der Waals surface area contributed by atoms with Crippen molar-refractivity contribution in [3.05, 3.63) is 40.5 Å². The number of halogens is 1. The first-order valence-corrected chi connectivity index (χ1v) is 7.71. The Labute approximate surface area is 119 Å². The molecule has 6 nitrogen and oxygen atoms in total. The van der Waals surface area contributed by atoms with Crippen LogP contribution in [0.25, 0.3) is 0 Å². The van der Waals surface area contributed by atoms with Gasteiger partial charge in [-0.25, -0.2) is 8.42 Å². The first kappa shape index (κ1) is 14.0. The van der Waals surface area contributed by atoms with Crippen molar-refractivity contribution in [3.63, 3.8) is 0 Å². The van der Waals surface area contributed by atoms with E-state index in [9.17, 15) is 8.42 Å². The van der Waals surface area contributed by atoms with E-state index < -0.39 is 10.0 Å². The van der Waals surface area contributed by atoms with Crippen LogP contribution in [0.1, 0.15) is 5.56 Å². The van der Waals surface area contributed by atoms with E-state index in [-0.39, 0.29) is 17.3 Å². The fourth-order valence-electron chi connectivity index (χ4n) is 1.54. The van der Waals surface area contributed by atoms with Crippen LogP contribution in [-0.2, 0) is 23.6 Å². The fraction of sp³-hybridized carbons (Fsp3) is 0.182. The van der Waals surface area contributed by atoms with E-state index in [1.165, 1.54) is 10.7 Å². The zero-order chi connectivity index (χ0) is 14.0. The Morgan fingerprint density at radius 3 is 2.74 bits per heavy atom. The second-order valence-electron chi connectivity index (χ2n) is 3.95. The smallest absolute Gasteiger partial charge is 0.264 e. The molecule has 0 fully saturated rings. The lowest BCUT2D eigenvalue weighted by atomic mass is 10.2. The molecule has 0 saturated heterocycles. The average molecular weight is 345 g/mol. The topological polar surface area (TPSA) is 90.0 Å². The van der Waals surface area contributed by atoms with Crippen LogP contribution in [0.4, 0.5) is 5.82 Å². The summed E-state index contributed by atoms with van der Waals surface area (Å²) in [6.07, 6.45) is 1.66. The molecule has 0 amide bonds. The van der Waals surface area contributed by atoms with Crippen LogP contribution in [0.3, 0.4) is 0 Å². The number of nitrogens with zero attached hydrogens (tertiary/aromatic N) is 2. The lowest BCUT2D eigenvalue weighted by Crippen LogP contribution is -2.15. The predicted molar refractivity (Wildman–Crippen MR) is 76.0 cm³/mol. The summed E-state index contributed by atoms with van der Waals surface area (Å²) in [5.41, 5.74) is 6.26. The van der Waals surface area contributed by atoms with Crippen molar-refractivity contribution in [1.82, 2.24) is 9.78 Å². The second-order valence-corrected chi connectivity index (χ2v) is 6.45. The van der Waals surface area contributed by atoms with Gasteiger partial charge in [-0.15, -0.1) is 0 Å². The minimum absolute atomic E-state index is 0.140. The monoisotopic (exact) mass is 344 g/mol. The third-order valence-corrected chi connectivity index (χ3v) is 4.82. The number of hydrogen-bond donors (Lipinski definition) is 2. The zero-order valence-electron chi connectivity index (χ0n) is 10.2. The van der Waals surface area contributed by atoms with Gasteiger partial charge in [0.25, 0.3) is 10.0 Å². The summed E-state index contributed by atoms with van der Waals surface area (Å²) in [5.74, 6) is 0.271. The molecule has 0 spiro atoms. The van der Waals surface area contributed by atoms with E-state index in [4.69, 9.17) is 5.73 Å². The van der Waals surface area contributed by atoms with Crippen molar-refractivity contribution in [3.8, 4) is 0 Å². The minimum atomic E-state index is -3.69. The summed E-state index contributed by atoms with van der Waals surface area (Å²) in [5, 5.41) is 3.98. The molecule has 102 valence electrons. The SMILES string of the molecule is Cn1ccc(NS(=O)(=O)c2cc(CN)ccc2Br)n1. The minimum Gasteiger partial charge on any atom is -0.326 e. The van der Waals surface area contributed by atoms with Crippen molar-refractivity contribution in [1.29, 1.82) is 0 Å². The molecule has 8 heteroatoms. The molecule has 0 atom stereocenters. The van der Waals surface area contributed by atoms with E-state index in [0.29, 0.717) is 4.47 Å². The molecule has 0 bridgehead atoms. The van der Waals surface area contributed by atoms with Crippen molar-refractivity contribution in [2.24, 2.45) is 12.8 Å². The van der Waals surface area contributed by atoms with E-state index in [0.717, 1.165) is 5.56 Å². The van der Waals surface area contributed by atoms with Gasteiger partial charge in [0, 0.05) is 30.3 Å². The molecule has 0 radical (unpaired) electrons. The first-order chi connectivity index (χ1) is 8.92. The molecule has 0 unspecified atom stereocenters. The molecular weight excluding hydrogens is 332 g/mol. The Bertz CT molecular complexity index is 696. The summed E-state index contributed by atoms with van der Waals surface area (Å²) in [6.45, 7) is 0.277. The maximum Gasteiger partial charge on any atom is 0.264 e. The number of nitrogens with two attached hydrogens (primary N) is 1. The van der Waals surface area contributed by atoms with Crippen LogP contribution in [-0.4, -0.2) is 18.2 Å². The van der Waals surface area contributed by atoms with Crippen LogP contribution >= 0.6 is 15.9 Å². The number of nitrogens with one attached hydrogen (secondary N) is 1. The summed E-state index contributed by atoms with van der Waals surface area (Å²) in [7, 11) is -1.98. The van der Waals surface area contributed by atoms with Crippen LogP contribution < -0.4 is 10.5 Å². The molecule has 3 N–H and O–H groups in total. The number of hydrogen-bond acceptors (Lipinski definition) is 4. The number of sulfonamides is 1. The van der Waals surface area contributed by atoms with Crippen LogP contribution in [0, 0.1) is 0 Å². The summed E-state index contributed by atoms with van der Waals surface area (Å²) < 4.78 is 29.0. The Morgan fingerprint density at radius 1 is 1.42 bits per heavy atom. The predicted octanol–water partition coefficient (Wildman–Crippen LogP) is 1.44. The highest BCUT2D eigenvalue weighted by atomic mass is 79.9. The van der Waals surface area contributed by atoms with Gasteiger partial charge in [0.2, 0.25) is 0 Å². The highest BCUT2D eigenvalue weighted by molar-refractivity contribution is 9.10. The number of anilines is 1. The summed E-state index contributed by atoms with van der Waals surface area (Å²) in [4.78, 5) is 0.140. The van der Waals surface area contributed by atoms with Gasteiger partial charge >= 0.3 is 0 Å². The van der Waals surface area contributed by atoms with Gasteiger partial charge in [-0.1, -0.05) is 6.07 Å². The van der Waals surface area contributed by atoms with Crippen molar-refractivity contribution in [2.75, 3.05) is 4.72 Å². The largest absolute Gasteiger partial charge is 0.326 e. The highest BCUT2D eigenvalue weighted by Crippen LogP contribution is 2.24. The number of benzene rings is 1. The molecule has 2 aromatic rings. The molecule has 19 heavy (non-hydrogen) atoms. The van der Waals surface area contributed by atoms with E-state index in [1.807, 2.05) is 0 Å². The Hall–Kier alpha value is -1.38.